The molecule has 2 N–H and O–H groups in total. The maximum Gasteiger partial charge on any atom is 0.233 e. The number of amides is 2. The molecule has 2 aromatic rings. The predicted molar refractivity (Wildman–Crippen MR) is 106 cm³/mol. The van der Waals surface area contributed by atoms with Gasteiger partial charge in [0.1, 0.15) is 6.42 Å². The van der Waals surface area contributed by atoms with Crippen LogP contribution < -0.4 is 15.5 Å². The maximum atomic E-state index is 12.1. The molecule has 0 aliphatic carbocycles. The summed E-state index contributed by atoms with van der Waals surface area (Å²) in [6.07, 6.45) is 2.25. The summed E-state index contributed by atoms with van der Waals surface area (Å²) in [5.41, 5.74) is 4.74. The lowest BCUT2D eigenvalue weighted by Crippen LogP contribution is -2.22. The Morgan fingerprint density at radius 3 is 2.23 bits per heavy atom. The number of carbonyl (C=O) groups is 2. The highest BCUT2D eigenvalue weighted by atomic mass is 16.2. The molecule has 0 radical (unpaired) electrons. The first-order chi connectivity index (χ1) is 12.5. The molecule has 1 heterocycles. The van der Waals surface area contributed by atoms with E-state index in [9.17, 15) is 9.59 Å². The third kappa shape index (κ3) is 4.63. The number of nitrogens with zero attached hydrogens (tertiary/aromatic N) is 1. The second-order valence-corrected chi connectivity index (χ2v) is 6.83. The van der Waals surface area contributed by atoms with Gasteiger partial charge in [-0.05, 0) is 62.6 Å². The first kappa shape index (κ1) is 18.0. The van der Waals surface area contributed by atoms with Crippen molar-refractivity contribution in [1.82, 2.24) is 0 Å². The normalized spacial score (nSPS) is 13.5. The van der Waals surface area contributed by atoms with E-state index in [1.165, 1.54) is 18.5 Å². The van der Waals surface area contributed by atoms with Gasteiger partial charge in [0.25, 0.3) is 0 Å². The smallest absolute Gasteiger partial charge is 0.233 e. The fraction of sp³-hybridized carbons (Fsp3) is 0.333. The lowest BCUT2D eigenvalue weighted by Gasteiger charge is -2.17. The number of benzene rings is 2. The van der Waals surface area contributed by atoms with Crippen molar-refractivity contribution in [2.24, 2.45) is 0 Å². The van der Waals surface area contributed by atoms with Crippen LogP contribution in [0.2, 0.25) is 0 Å². The molecule has 0 spiro atoms. The lowest BCUT2D eigenvalue weighted by atomic mass is 10.1. The van der Waals surface area contributed by atoms with Crippen LogP contribution in [0.5, 0.6) is 0 Å². The first-order valence-electron chi connectivity index (χ1n) is 9.03. The minimum absolute atomic E-state index is 0.207. The fourth-order valence-corrected chi connectivity index (χ4v) is 3.23. The Morgan fingerprint density at radius 1 is 0.923 bits per heavy atom. The van der Waals surface area contributed by atoms with Crippen molar-refractivity contribution >= 4 is 28.9 Å². The van der Waals surface area contributed by atoms with Gasteiger partial charge in [0.2, 0.25) is 11.8 Å². The van der Waals surface area contributed by atoms with Gasteiger partial charge < -0.3 is 15.5 Å². The molecule has 1 aliphatic rings. The Bertz CT molecular complexity index is 793. The molecular weight excluding hydrogens is 326 g/mol. The molecule has 26 heavy (non-hydrogen) atoms. The van der Waals surface area contributed by atoms with Gasteiger partial charge in [0.05, 0.1) is 0 Å². The third-order valence-corrected chi connectivity index (χ3v) is 4.60. The molecule has 0 unspecified atom stereocenters. The average Bonchev–Trinajstić information content (AvgIpc) is 3.12. The number of rotatable bonds is 5. The van der Waals surface area contributed by atoms with Crippen LogP contribution in [-0.4, -0.2) is 24.9 Å². The number of hydrogen-bond acceptors (Lipinski definition) is 3. The minimum atomic E-state index is -0.318. The minimum Gasteiger partial charge on any atom is -0.372 e. The standard InChI is InChI=1S/C21H25N3O2/c1-15-5-10-19(16(2)13-15)23-21(26)14-20(25)22-17-6-8-18(9-7-17)24-11-3-4-12-24/h5-10,13H,3-4,11-12,14H2,1-2H3,(H,22,25)(H,23,26). The van der Waals surface area contributed by atoms with E-state index in [0.29, 0.717) is 5.69 Å². The zero-order valence-corrected chi connectivity index (χ0v) is 15.3. The lowest BCUT2D eigenvalue weighted by molar-refractivity contribution is -0.123. The molecule has 0 saturated carbocycles. The van der Waals surface area contributed by atoms with Crippen LogP contribution in [0.4, 0.5) is 17.1 Å². The van der Waals surface area contributed by atoms with E-state index in [0.717, 1.165) is 29.9 Å². The van der Waals surface area contributed by atoms with Gasteiger partial charge in [0, 0.05) is 30.2 Å². The number of anilines is 3. The summed E-state index contributed by atoms with van der Waals surface area (Å²) in [6, 6.07) is 13.6. The molecule has 0 aromatic heterocycles. The summed E-state index contributed by atoms with van der Waals surface area (Å²) in [5.74, 6) is -0.635. The zero-order chi connectivity index (χ0) is 18.5. The Kier molecular flexibility index (Phi) is 5.56. The van der Waals surface area contributed by atoms with Crippen molar-refractivity contribution in [2.75, 3.05) is 28.6 Å². The van der Waals surface area contributed by atoms with Crippen LogP contribution in [0, 0.1) is 13.8 Å². The third-order valence-electron chi connectivity index (χ3n) is 4.60. The van der Waals surface area contributed by atoms with E-state index in [2.05, 4.69) is 15.5 Å². The summed E-state index contributed by atoms with van der Waals surface area (Å²) in [4.78, 5) is 26.5. The molecule has 3 rings (SSSR count). The van der Waals surface area contributed by atoms with Gasteiger partial charge in [-0.2, -0.15) is 0 Å². The van der Waals surface area contributed by atoms with E-state index in [1.807, 2.05) is 56.3 Å². The van der Waals surface area contributed by atoms with Crippen molar-refractivity contribution in [3.8, 4) is 0 Å². The van der Waals surface area contributed by atoms with Gasteiger partial charge in [-0.3, -0.25) is 9.59 Å². The molecular formula is C21H25N3O2. The second kappa shape index (κ2) is 8.04. The summed E-state index contributed by atoms with van der Waals surface area (Å²) in [7, 11) is 0. The highest BCUT2D eigenvalue weighted by Crippen LogP contribution is 2.22. The average molecular weight is 351 g/mol. The topological polar surface area (TPSA) is 61.4 Å². The number of aryl methyl sites for hydroxylation is 2. The number of hydrogen-bond donors (Lipinski definition) is 2. The van der Waals surface area contributed by atoms with E-state index in [4.69, 9.17) is 0 Å². The summed E-state index contributed by atoms with van der Waals surface area (Å²) < 4.78 is 0. The van der Waals surface area contributed by atoms with Crippen molar-refractivity contribution in [1.29, 1.82) is 0 Å². The van der Waals surface area contributed by atoms with Gasteiger partial charge in [-0.1, -0.05) is 17.7 Å². The largest absolute Gasteiger partial charge is 0.372 e. The van der Waals surface area contributed by atoms with Crippen LogP contribution in [-0.2, 0) is 9.59 Å². The van der Waals surface area contributed by atoms with Gasteiger partial charge in [0.15, 0.2) is 0 Å². The summed E-state index contributed by atoms with van der Waals surface area (Å²) >= 11 is 0. The van der Waals surface area contributed by atoms with E-state index >= 15 is 0 Å². The molecule has 1 aliphatic heterocycles. The van der Waals surface area contributed by atoms with E-state index < -0.39 is 0 Å². The van der Waals surface area contributed by atoms with Crippen LogP contribution in [0.1, 0.15) is 30.4 Å². The predicted octanol–water partition coefficient (Wildman–Crippen LogP) is 3.87. The van der Waals surface area contributed by atoms with Gasteiger partial charge >= 0.3 is 0 Å². The van der Waals surface area contributed by atoms with Crippen molar-refractivity contribution < 1.29 is 9.59 Å². The quantitative estimate of drug-likeness (QED) is 0.804. The van der Waals surface area contributed by atoms with Crippen molar-refractivity contribution in [3.63, 3.8) is 0 Å². The Balaban J connectivity index is 1.52. The van der Waals surface area contributed by atoms with Crippen LogP contribution in [0.25, 0.3) is 0 Å². The molecule has 1 saturated heterocycles. The summed E-state index contributed by atoms with van der Waals surface area (Å²) in [5, 5.41) is 5.58. The van der Waals surface area contributed by atoms with Crippen molar-refractivity contribution in [2.45, 2.75) is 33.1 Å². The van der Waals surface area contributed by atoms with Crippen LogP contribution in [0.15, 0.2) is 42.5 Å². The summed E-state index contributed by atoms with van der Waals surface area (Å²) in [6.45, 7) is 6.11. The molecule has 1 fully saturated rings. The Labute approximate surface area is 154 Å². The van der Waals surface area contributed by atoms with E-state index in [-0.39, 0.29) is 18.2 Å². The molecule has 2 amide bonds. The second-order valence-electron chi connectivity index (χ2n) is 6.83. The first-order valence-corrected chi connectivity index (χ1v) is 9.03. The Morgan fingerprint density at radius 2 is 1.58 bits per heavy atom. The van der Waals surface area contributed by atoms with Crippen molar-refractivity contribution in [3.05, 3.63) is 53.6 Å². The monoisotopic (exact) mass is 351 g/mol. The maximum absolute atomic E-state index is 12.1. The SMILES string of the molecule is Cc1ccc(NC(=O)CC(=O)Nc2ccc(N3CCCC3)cc2)c(C)c1. The Hall–Kier alpha value is -2.82. The van der Waals surface area contributed by atoms with Gasteiger partial charge in [-0.25, -0.2) is 0 Å². The molecule has 2 aromatic carbocycles. The van der Waals surface area contributed by atoms with E-state index in [1.54, 1.807) is 0 Å². The molecule has 0 atom stereocenters. The highest BCUT2D eigenvalue weighted by Gasteiger charge is 2.13. The molecule has 136 valence electrons. The fourth-order valence-electron chi connectivity index (χ4n) is 3.23. The van der Waals surface area contributed by atoms with Gasteiger partial charge in [-0.15, -0.1) is 0 Å². The number of nitrogens with one attached hydrogen (secondary N) is 2. The highest BCUT2D eigenvalue weighted by molar-refractivity contribution is 6.08. The van der Waals surface area contributed by atoms with Crippen LogP contribution >= 0.6 is 0 Å². The van der Waals surface area contributed by atoms with Crippen LogP contribution in [0.3, 0.4) is 0 Å². The molecule has 5 nitrogen and oxygen atoms in total. The number of carbonyl (C=O) groups excluding carboxylic acids is 2. The molecule has 0 bridgehead atoms. The molecule has 5 heteroatoms. The zero-order valence-electron chi connectivity index (χ0n) is 15.3.